The van der Waals surface area contributed by atoms with E-state index in [4.69, 9.17) is 18.9 Å². The summed E-state index contributed by atoms with van der Waals surface area (Å²) >= 11 is 1.54. The number of fused-ring (bicyclic) bond motifs is 1. The lowest BCUT2D eigenvalue weighted by Crippen LogP contribution is -2.50. The van der Waals surface area contributed by atoms with Gasteiger partial charge in [-0.2, -0.15) is 0 Å². The monoisotopic (exact) mass is 578 g/mol. The molecule has 8 nitrogen and oxygen atoms in total. The second-order valence-electron chi connectivity index (χ2n) is 10.1. The summed E-state index contributed by atoms with van der Waals surface area (Å²) in [5.41, 5.74) is 2.83. The van der Waals surface area contributed by atoms with Crippen LogP contribution in [0.25, 0.3) is 0 Å². The van der Waals surface area contributed by atoms with Gasteiger partial charge in [-0.15, -0.1) is 11.8 Å². The van der Waals surface area contributed by atoms with E-state index in [2.05, 4.69) is 4.90 Å². The van der Waals surface area contributed by atoms with Crippen molar-refractivity contribution in [2.45, 2.75) is 42.6 Å². The Balaban J connectivity index is 1.57. The van der Waals surface area contributed by atoms with Crippen LogP contribution in [-0.4, -0.2) is 70.4 Å². The van der Waals surface area contributed by atoms with Crippen LogP contribution in [0.2, 0.25) is 0 Å². The van der Waals surface area contributed by atoms with Crippen LogP contribution in [0.4, 0.5) is 5.69 Å². The molecule has 1 heterocycles. The number of ether oxygens (including phenoxy) is 4. The van der Waals surface area contributed by atoms with E-state index < -0.39 is 17.3 Å². The maximum atomic E-state index is 14.3. The number of carbonyl (C=O) groups is 2. The predicted molar refractivity (Wildman–Crippen MR) is 161 cm³/mol. The van der Waals surface area contributed by atoms with Gasteiger partial charge >= 0.3 is 5.97 Å². The van der Waals surface area contributed by atoms with Crippen molar-refractivity contribution in [1.29, 1.82) is 0 Å². The Morgan fingerprint density at radius 1 is 0.976 bits per heavy atom. The smallest absolute Gasteiger partial charge is 0.303 e. The summed E-state index contributed by atoms with van der Waals surface area (Å²) in [5.74, 6) is 1.39. The third kappa shape index (κ3) is 7.15. The molecular formula is C32H38N2O6S. The Morgan fingerprint density at radius 3 is 2.34 bits per heavy atom. The molecule has 0 aliphatic carbocycles. The predicted octanol–water partition coefficient (Wildman–Crippen LogP) is 5.39. The molecule has 0 radical (unpaired) electrons. The number of benzene rings is 3. The van der Waals surface area contributed by atoms with Crippen molar-refractivity contribution >= 4 is 29.3 Å². The van der Waals surface area contributed by atoms with Crippen molar-refractivity contribution < 1.29 is 28.5 Å². The highest BCUT2D eigenvalue weighted by atomic mass is 32.2. The summed E-state index contributed by atoms with van der Waals surface area (Å²) in [4.78, 5) is 31.4. The van der Waals surface area contributed by atoms with Crippen LogP contribution in [-0.2, 0) is 20.7 Å². The van der Waals surface area contributed by atoms with Gasteiger partial charge in [-0.25, -0.2) is 0 Å². The van der Waals surface area contributed by atoms with Crippen LogP contribution in [0.3, 0.4) is 0 Å². The molecular weight excluding hydrogens is 540 g/mol. The molecule has 0 saturated heterocycles. The number of esters is 1. The van der Waals surface area contributed by atoms with Gasteiger partial charge in [0.2, 0.25) is 0 Å². The zero-order valence-corrected chi connectivity index (χ0v) is 25.3. The second kappa shape index (κ2) is 13.8. The number of hydrogen-bond acceptors (Lipinski definition) is 8. The molecule has 4 rings (SSSR count). The molecule has 3 aromatic carbocycles. The first-order valence-electron chi connectivity index (χ1n) is 13.5. The number of nitrogens with zero attached hydrogens (tertiary/aromatic N) is 2. The number of carbonyl (C=O) groups excluding carboxylic acids is 2. The molecule has 0 fully saturated rings. The van der Waals surface area contributed by atoms with Crippen molar-refractivity contribution in [3.05, 3.63) is 77.9 Å². The van der Waals surface area contributed by atoms with E-state index in [1.165, 1.54) is 18.7 Å². The molecule has 0 saturated carbocycles. The Bertz CT molecular complexity index is 1350. The molecule has 0 unspecified atom stereocenters. The Hall–Kier alpha value is -3.69. The fourth-order valence-corrected chi connectivity index (χ4v) is 6.41. The number of amides is 1. The summed E-state index contributed by atoms with van der Waals surface area (Å²) in [6.07, 6.45) is -0.183. The van der Waals surface area contributed by atoms with Gasteiger partial charge in [0.15, 0.2) is 17.6 Å². The van der Waals surface area contributed by atoms with E-state index in [1.807, 2.05) is 80.7 Å². The average Bonchev–Trinajstić information content (AvgIpc) is 3.09. The number of rotatable bonds is 11. The molecule has 3 atom stereocenters. The molecule has 218 valence electrons. The highest BCUT2D eigenvalue weighted by Gasteiger charge is 2.42. The molecule has 1 amide bonds. The maximum Gasteiger partial charge on any atom is 0.303 e. The van der Waals surface area contributed by atoms with Crippen LogP contribution >= 0.6 is 11.8 Å². The molecule has 0 aromatic heterocycles. The topological polar surface area (TPSA) is 77.5 Å². The summed E-state index contributed by atoms with van der Waals surface area (Å²) in [6, 6.07) is 21.2. The summed E-state index contributed by atoms with van der Waals surface area (Å²) < 4.78 is 21.9. The molecule has 0 spiro atoms. The summed E-state index contributed by atoms with van der Waals surface area (Å²) in [7, 11) is 6.91. The maximum absolute atomic E-state index is 14.3. The lowest BCUT2D eigenvalue weighted by molar-refractivity contribution is -0.153. The van der Waals surface area contributed by atoms with E-state index in [9.17, 15) is 9.59 Å². The Labute approximate surface area is 246 Å². The van der Waals surface area contributed by atoms with E-state index in [0.29, 0.717) is 18.0 Å². The van der Waals surface area contributed by atoms with Crippen LogP contribution in [0.5, 0.6) is 17.2 Å². The minimum atomic E-state index is -0.988. The van der Waals surface area contributed by atoms with Crippen molar-refractivity contribution in [3.63, 3.8) is 0 Å². The van der Waals surface area contributed by atoms with E-state index in [1.54, 1.807) is 26.2 Å². The third-order valence-corrected chi connectivity index (χ3v) is 8.49. The number of anilines is 1. The van der Waals surface area contributed by atoms with E-state index in [0.717, 1.165) is 40.4 Å². The van der Waals surface area contributed by atoms with E-state index >= 15 is 0 Å². The van der Waals surface area contributed by atoms with Gasteiger partial charge in [0.05, 0.1) is 32.3 Å². The van der Waals surface area contributed by atoms with Gasteiger partial charge in [0, 0.05) is 31.0 Å². The van der Waals surface area contributed by atoms with Crippen LogP contribution in [0, 0.1) is 0 Å². The number of methoxy groups -OCH3 is 3. The first-order chi connectivity index (χ1) is 19.7. The van der Waals surface area contributed by atoms with Crippen LogP contribution < -0.4 is 19.1 Å². The van der Waals surface area contributed by atoms with Crippen LogP contribution in [0.1, 0.15) is 30.2 Å². The number of likely N-dealkylation sites (N-methyl/N-ethyl adjacent to an activating group) is 1. The van der Waals surface area contributed by atoms with Gasteiger partial charge < -0.3 is 28.7 Å². The lowest BCUT2D eigenvalue weighted by Gasteiger charge is -2.34. The molecule has 9 heteroatoms. The van der Waals surface area contributed by atoms with Crippen molar-refractivity contribution in [2.75, 3.05) is 46.4 Å². The van der Waals surface area contributed by atoms with Crippen molar-refractivity contribution in [1.82, 2.24) is 4.90 Å². The van der Waals surface area contributed by atoms with Gasteiger partial charge in [-0.05, 0) is 67.9 Å². The fourth-order valence-electron chi connectivity index (χ4n) is 5.10. The Morgan fingerprint density at radius 2 is 1.68 bits per heavy atom. The minimum Gasteiger partial charge on any atom is -0.497 e. The largest absolute Gasteiger partial charge is 0.497 e. The normalized spacial score (nSPS) is 17.4. The minimum absolute atomic E-state index is 0.188. The van der Waals surface area contributed by atoms with Gasteiger partial charge in [-0.1, -0.05) is 30.3 Å². The average molecular weight is 579 g/mol. The first-order valence-corrected chi connectivity index (χ1v) is 14.4. The van der Waals surface area contributed by atoms with Crippen LogP contribution in [0.15, 0.2) is 71.6 Å². The molecule has 1 aliphatic heterocycles. The highest BCUT2D eigenvalue weighted by molar-refractivity contribution is 7.99. The third-order valence-electron chi connectivity index (χ3n) is 7.12. The quantitative estimate of drug-likeness (QED) is 0.281. The molecule has 1 aliphatic rings. The number of para-hydroxylation sites is 1. The zero-order chi connectivity index (χ0) is 29.5. The second-order valence-corrected chi connectivity index (χ2v) is 11.3. The first kappa shape index (κ1) is 30.3. The zero-order valence-electron chi connectivity index (χ0n) is 24.5. The molecule has 3 aromatic rings. The van der Waals surface area contributed by atoms with Gasteiger partial charge in [0.25, 0.3) is 5.91 Å². The van der Waals surface area contributed by atoms with Gasteiger partial charge in [0.1, 0.15) is 5.75 Å². The molecule has 0 bridgehead atoms. The lowest BCUT2D eigenvalue weighted by atomic mass is 10.0. The van der Waals surface area contributed by atoms with E-state index in [-0.39, 0.29) is 11.9 Å². The Kier molecular flexibility index (Phi) is 10.2. The summed E-state index contributed by atoms with van der Waals surface area (Å²) in [5, 5.41) is -0.418. The summed E-state index contributed by atoms with van der Waals surface area (Å²) in [6.45, 7) is 4.78. The highest BCUT2D eigenvalue weighted by Crippen LogP contribution is 2.47. The number of thioether (sulfide) groups is 1. The fraction of sp³-hybridized carbons (Fsp3) is 0.375. The number of hydrogen-bond donors (Lipinski definition) is 0. The van der Waals surface area contributed by atoms with Crippen molar-refractivity contribution in [2.24, 2.45) is 0 Å². The van der Waals surface area contributed by atoms with Crippen molar-refractivity contribution in [3.8, 4) is 17.2 Å². The molecule has 41 heavy (non-hydrogen) atoms. The standard InChI is InChI=1S/C32H38N2O6S/c1-21(20-33(3)18-17-23-11-16-27(38-5)28(19-23)39-6)34-26-9-7-8-10-29(26)41-31(30(32(34)36)40-22(2)35)24-12-14-25(37-4)15-13-24/h7-16,19,21,30-31H,17-18,20H2,1-6H3/t21-,30+,31-/m0/s1. The molecule has 0 N–H and O–H groups in total. The SMILES string of the molecule is COc1ccc([C@@H]2Sc3ccccc3N([C@@H](C)CN(C)CCc3ccc(OC)c(OC)c3)C(=O)[C@@H]2OC(C)=O)cc1. The van der Waals surface area contributed by atoms with Gasteiger partial charge in [-0.3, -0.25) is 9.59 Å².